The molecule has 0 fully saturated rings. The van der Waals surface area contributed by atoms with Gasteiger partial charge in [-0.25, -0.2) is 4.39 Å². The zero-order valence-corrected chi connectivity index (χ0v) is 84.4. The molecule has 0 saturated carbocycles. The summed E-state index contributed by atoms with van der Waals surface area (Å²) in [5.41, 5.74) is 19.0. The number of allylic oxidation sites excluding steroid dienone is 8. The number of nitrogens with one attached hydrogen (secondary N) is 3. The van der Waals surface area contributed by atoms with E-state index in [2.05, 4.69) is 224 Å². The minimum atomic E-state index is -3.11. The number of pyridine rings is 4. The molecule has 25 nitrogen and oxygen atoms in total. The molecule has 135 heavy (non-hydrogen) atoms. The summed E-state index contributed by atoms with van der Waals surface area (Å²) in [6.45, 7) is 24.6. The maximum absolute atomic E-state index is 14.0. The van der Waals surface area contributed by atoms with Gasteiger partial charge in [0, 0.05) is 150 Å². The fourth-order valence-electron chi connectivity index (χ4n) is 17.3. The molecule has 0 bridgehead atoms. The number of rotatable bonds is 58. The first kappa shape index (κ1) is 108. The number of ether oxygens (including phenoxy) is 7. The van der Waals surface area contributed by atoms with Crippen LogP contribution >= 0.6 is 0 Å². The van der Waals surface area contributed by atoms with Gasteiger partial charge in [-0.1, -0.05) is 107 Å². The first-order chi connectivity index (χ1) is 65.0. The number of anilines is 1. The number of carbonyl (C=O) groups excluding carboxylic acids is 4. The number of benzene rings is 4. The molecule has 4 aromatic heterocycles. The van der Waals surface area contributed by atoms with E-state index < -0.39 is 28.7 Å². The first-order valence-electron chi connectivity index (χ1n) is 47.6. The number of alkyl halides is 1. The van der Waals surface area contributed by atoms with Crippen molar-refractivity contribution in [2.24, 2.45) is 0 Å². The third-order valence-corrected chi connectivity index (χ3v) is 24.3. The Morgan fingerprint density at radius 2 is 1.08 bits per heavy atom. The van der Waals surface area contributed by atoms with Gasteiger partial charge in [-0.2, -0.15) is 4.58 Å². The van der Waals surface area contributed by atoms with Crippen molar-refractivity contribution < 1.29 is 93.4 Å². The molecule has 3 N–H and O–H groups in total. The van der Waals surface area contributed by atoms with E-state index in [0.717, 1.165) is 140 Å². The van der Waals surface area contributed by atoms with E-state index in [9.17, 15) is 23.6 Å². The van der Waals surface area contributed by atoms with Crippen molar-refractivity contribution in [3.8, 4) is 17.2 Å². The number of aryl methyl sites for hydroxylation is 1. The molecule has 1 unspecified atom stereocenters. The molecule has 0 radical (unpaired) electrons. The molecule has 2 atom stereocenters. The SMILES string of the molecule is CCCCC[N+]1=C(/C=C/C2=C(c3ccc(CCC(=O)N[C@@H](CCCCNC(=O)C(C)[18F])C(=O)CCCOCCOCCOCCOCCC(=O)NCCCCOc4cc(CN(Cc5ccccn5)Cc5ccccn5)cc(CN(Cc5ccccn5)Cc5ccccn5)c4)cc3)C(=C/C=C3/N(CCCC)c4ccc(OC)cc4C3(C)C)/CCC2)C(C)(C)c2cc(OC)ccc21.O=S(=O)=O.[Zn+2]. The topological polar surface area (TPSA) is 284 Å². The zero-order valence-electron chi connectivity index (χ0n) is 80.7. The maximum atomic E-state index is 14.0. The Morgan fingerprint density at radius 3 is 1.64 bits per heavy atom. The van der Waals surface area contributed by atoms with Gasteiger partial charge in [0.2, 0.25) is 17.5 Å². The third kappa shape index (κ3) is 35.4. The van der Waals surface area contributed by atoms with Gasteiger partial charge in [0.15, 0.2) is 17.7 Å². The average molecular weight is 1920 g/mol. The Balaban J connectivity index is 0.00000401. The molecular weight excluding hydrogens is 1780 g/mol. The molecule has 2 aliphatic heterocycles. The van der Waals surface area contributed by atoms with Gasteiger partial charge < -0.3 is 54.0 Å². The van der Waals surface area contributed by atoms with Crippen molar-refractivity contribution in [2.45, 2.75) is 226 Å². The Bertz CT molecular complexity index is 5110. The van der Waals surface area contributed by atoms with Gasteiger partial charge in [0.25, 0.3) is 5.91 Å². The molecule has 4 aromatic carbocycles. The van der Waals surface area contributed by atoms with Crippen LogP contribution in [0.3, 0.4) is 0 Å². The predicted molar refractivity (Wildman–Crippen MR) is 523 cm³/mol. The number of amides is 3. The summed E-state index contributed by atoms with van der Waals surface area (Å²) in [5.74, 6) is 1.41. The van der Waals surface area contributed by atoms with Crippen LogP contribution in [-0.2, 0) is 125 Å². The second-order valence-corrected chi connectivity index (χ2v) is 35.7. The number of methoxy groups -OCH3 is 2. The van der Waals surface area contributed by atoms with E-state index >= 15 is 0 Å². The van der Waals surface area contributed by atoms with Crippen LogP contribution in [0.4, 0.5) is 15.8 Å². The molecule has 3 amide bonds. The van der Waals surface area contributed by atoms with E-state index in [1.54, 1.807) is 14.2 Å². The van der Waals surface area contributed by atoms with Crippen LogP contribution in [0.15, 0.2) is 218 Å². The summed E-state index contributed by atoms with van der Waals surface area (Å²) in [4.78, 5) is 78.6. The molecule has 718 valence electrons. The fourth-order valence-corrected chi connectivity index (χ4v) is 17.3. The Kier molecular flexibility index (Phi) is 46.4. The molecular formula is C107H139FN11O14SZn+3. The van der Waals surface area contributed by atoms with E-state index in [1.807, 2.05) is 73.3 Å². The van der Waals surface area contributed by atoms with Crippen molar-refractivity contribution in [1.82, 2.24) is 45.7 Å². The molecule has 0 saturated heterocycles. The summed E-state index contributed by atoms with van der Waals surface area (Å²) in [6, 6.07) is 51.5. The minimum absolute atomic E-state index is 0. The van der Waals surface area contributed by atoms with Gasteiger partial charge in [-0.15, -0.1) is 12.6 Å². The van der Waals surface area contributed by atoms with E-state index in [1.165, 1.54) is 57.6 Å². The molecule has 0 spiro atoms. The van der Waals surface area contributed by atoms with Crippen LogP contribution in [-0.4, -0.2) is 188 Å². The summed E-state index contributed by atoms with van der Waals surface area (Å²) < 4.78 is 82.7. The standard InChI is InChI=1S/C107H138FN11O11.O3S.Zn/c1-10-12-25-59-119-98-47-45-92(125-9)73-95(98)107(6,7)101(119)49-43-85-30-27-29-84(42-48-100-106(4,5)94-72-91(124-8)44-46-97(94)118(100)58-13-11-2)104(85)86-40-37-81(38-41-86)39-50-103(122)115-96(35-18-23-57-114-105(123)80(3)108)99(120)36-28-60-126-63-65-128-67-68-129-66-64-127-62-51-102(121)113-56-24-26-61-130-93-70-82(74-116(76-87-31-14-19-52-109-87)77-88-32-15-20-53-110-88)69-83(71-93)75-117(78-89-33-16-21-54-111-89)79-90-34-17-22-55-112-90;1-4(2)3;/h14-17,19-22,31-34,37-38,40-49,52-55,69-73,80,96H,10-13,18,23-30,35-36,39,50-51,56-68,74-79H2,1-9H3,(H2-,113,114,115,121,122,123);;/q;;+2/p+1/t80?,96-;;/m0../s1/i108-1;;. The number of Topliss-reactive ketones (excluding diaryl/α,β-unsaturated/α-hetero) is 1. The predicted octanol–water partition coefficient (Wildman–Crippen LogP) is 17.7. The summed E-state index contributed by atoms with van der Waals surface area (Å²) in [5, 5.41) is 8.71. The van der Waals surface area contributed by atoms with E-state index in [0.29, 0.717) is 131 Å². The monoisotopic (exact) mass is 1920 g/mol. The first-order valence-corrected chi connectivity index (χ1v) is 48.6. The molecule has 11 rings (SSSR count). The van der Waals surface area contributed by atoms with E-state index in [-0.39, 0.29) is 80.3 Å². The van der Waals surface area contributed by atoms with Crippen LogP contribution in [0.2, 0.25) is 0 Å². The number of hydrogen-bond acceptors (Lipinski definition) is 21. The normalized spacial score (nSPS) is 14.7. The second-order valence-electron chi connectivity index (χ2n) is 35.3. The third-order valence-electron chi connectivity index (χ3n) is 24.3. The zero-order chi connectivity index (χ0) is 95.3. The Morgan fingerprint density at radius 1 is 0.533 bits per heavy atom. The number of ketones is 1. The fraction of sp³-hybridized carbons (Fsp3) is 0.467. The van der Waals surface area contributed by atoms with Crippen LogP contribution < -0.4 is 35.1 Å². The van der Waals surface area contributed by atoms with E-state index in [4.69, 9.17) is 45.8 Å². The molecule has 6 heterocycles. The minimum Gasteiger partial charge on any atom is -0.497 e. The number of unbranched alkanes of at least 4 members (excludes halogenated alkanes) is 5. The van der Waals surface area contributed by atoms with Crippen molar-refractivity contribution in [3.05, 3.63) is 274 Å². The Hall–Kier alpha value is -10.7. The Labute approximate surface area is 812 Å². The van der Waals surface area contributed by atoms with Crippen LogP contribution in [0.25, 0.3) is 5.57 Å². The van der Waals surface area contributed by atoms with Gasteiger partial charge in [0.05, 0.1) is 101 Å². The van der Waals surface area contributed by atoms with Crippen LogP contribution in [0.1, 0.15) is 214 Å². The van der Waals surface area contributed by atoms with Gasteiger partial charge in [0.1, 0.15) is 23.8 Å². The number of nitrogens with zero attached hydrogens (tertiary/aromatic N) is 8. The van der Waals surface area contributed by atoms with Crippen molar-refractivity contribution >= 4 is 56.8 Å². The largest absolute Gasteiger partial charge is 2.00 e. The van der Waals surface area contributed by atoms with Crippen LogP contribution in [0, 0.1) is 0 Å². The molecule has 28 heteroatoms. The summed E-state index contributed by atoms with van der Waals surface area (Å²) in [6.07, 6.45) is 28.0. The molecule has 8 aromatic rings. The maximum Gasteiger partial charge on any atom is 2.00 e. The second kappa shape index (κ2) is 58.0. The number of carbonyl (C=O) groups is 4. The summed E-state index contributed by atoms with van der Waals surface area (Å²) in [7, 11) is 0.358. The quantitative estimate of drug-likeness (QED) is 0.0181. The van der Waals surface area contributed by atoms with Gasteiger partial charge in [-0.3, -0.25) is 48.9 Å². The number of halogens is 1. The summed E-state index contributed by atoms with van der Waals surface area (Å²) >= 11 is 0. The van der Waals surface area contributed by atoms with Gasteiger partial charge in [-0.05, 0) is 239 Å². The number of aromatic nitrogens is 4. The number of fused-ring (bicyclic) bond motifs is 2. The van der Waals surface area contributed by atoms with Crippen molar-refractivity contribution in [3.63, 3.8) is 0 Å². The average Bonchev–Trinajstić information content (AvgIpc) is 1.59. The molecule has 1 aliphatic carbocycles. The van der Waals surface area contributed by atoms with Crippen LogP contribution in [0.5, 0.6) is 17.2 Å². The van der Waals surface area contributed by atoms with Gasteiger partial charge >= 0.3 is 30.1 Å². The van der Waals surface area contributed by atoms with Crippen molar-refractivity contribution in [1.29, 1.82) is 0 Å². The smallest absolute Gasteiger partial charge is 0.497 e. The van der Waals surface area contributed by atoms with Crippen molar-refractivity contribution in [2.75, 3.05) is 105 Å². The number of hydrogen-bond donors (Lipinski definition) is 3. The molecule has 3 aliphatic rings.